The van der Waals surface area contributed by atoms with E-state index in [-0.39, 0.29) is 24.3 Å². The topological polar surface area (TPSA) is 64.3 Å². The fraction of sp³-hybridized carbons (Fsp3) is 0.562. The first-order valence-electron chi connectivity index (χ1n) is 7.67. The van der Waals surface area contributed by atoms with Gasteiger partial charge in [-0.2, -0.15) is 0 Å². The number of hydrogen-bond acceptors (Lipinski definition) is 3. The Morgan fingerprint density at radius 2 is 2.14 bits per heavy atom. The molecule has 0 aromatic heterocycles. The Bertz CT molecular complexity index is 507. The fourth-order valence-electron chi connectivity index (χ4n) is 2.89. The zero-order valence-electron chi connectivity index (χ0n) is 12.5. The standard InChI is InChI=1S/C16H22BrFN2O2/c17-12-6-7-15(13(18)8-12)22-10-16(21)20-14(9-19)11-4-2-1-3-5-11/h6-8,11,14H,1-5,9-10,19H2,(H,20,21). The number of ether oxygens (including phenoxy) is 1. The quantitative estimate of drug-likeness (QED) is 0.806. The lowest BCUT2D eigenvalue weighted by Crippen LogP contribution is -2.47. The minimum atomic E-state index is -0.496. The Hall–Kier alpha value is -1.14. The van der Waals surface area contributed by atoms with E-state index in [4.69, 9.17) is 10.5 Å². The lowest BCUT2D eigenvalue weighted by molar-refractivity contribution is -0.124. The molecule has 1 aliphatic carbocycles. The largest absolute Gasteiger partial charge is 0.481 e. The maximum absolute atomic E-state index is 13.6. The molecular formula is C16H22BrFN2O2. The van der Waals surface area contributed by atoms with Gasteiger partial charge in [0, 0.05) is 17.1 Å². The van der Waals surface area contributed by atoms with Crippen molar-refractivity contribution in [1.82, 2.24) is 5.32 Å². The van der Waals surface area contributed by atoms with Gasteiger partial charge in [-0.05, 0) is 37.0 Å². The Morgan fingerprint density at radius 3 is 2.77 bits per heavy atom. The van der Waals surface area contributed by atoms with Crippen LogP contribution in [0.5, 0.6) is 5.75 Å². The average molecular weight is 373 g/mol. The molecular weight excluding hydrogens is 351 g/mol. The van der Waals surface area contributed by atoms with Gasteiger partial charge in [0.25, 0.3) is 5.91 Å². The lowest BCUT2D eigenvalue weighted by atomic mass is 9.84. The summed E-state index contributed by atoms with van der Waals surface area (Å²) < 4.78 is 19.5. The normalized spacial score (nSPS) is 17.0. The Labute approximate surface area is 138 Å². The number of amides is 1. The number of halogens is 2. The molecule has 22 heavy (non-hydrogen) atoms. The van der Waals surface area contributed by atoms with Gasteiger partial charge < -0.3 is 15.8 Å². The van der Waals surface area contributed by atoms with Crippen molar-refractivity contribution >= 4 is 21.8 Å². The van der Waals surface area contributed by atoms with E-state index in [0.29, 0.717) is 16.9 Å². The van der Waals surface area contributed by atoms with Gasteiger partial charge >= 0.3 is 0 Å². The number of nitrogens with one attached hydrogen (secondary N) is 1. The highest BCUT2D eigenvalue weighted by molar-refractivity contribution is 9.10. The molecule has 122 valence electrons. The molecule has 2 rings (SSSR count). The van der Waals surface area contributed by atoms with Crippen LogP contribution in [0, 0.1) is 11.7 Å². The molecule has 0 aliphatic heterocycles. The van der Waals surface area contributed by atoms with E-state index in [2.05, 4.69) is 21.2 Å². The van der Waals surface area contributed by atoms with Gasteiger partial charge in [0.05, 0.1) is 0 Å². The van der Waals surface area contributed by atoms with Crippen LogP contribution >= 0.6 is 15.9 Å². The molecule has 1 aliphatic rings. The van der Waals surface area contributed by atoms with Crippen molar-refractivity contribution in [2.45, 2.75) is 38.1 Å². The molecule has 0 heterocycles. The third-order valence-electron chi connectivity index (χ3n) is 4.07. The summed E-state index contributed by atoms with van der Waals surface area (Å²) in [6, 6.07) is 4.44. The van der Waals surface area contributed by atoms with Crippen molar-refractivity contribution in [3.63, 3.8) is 0 Å². The van der Waals surface area contributed by atoms with E-state index in [0.717, 1.165) is 12.8 Å². The van der Waals surface area contributed by atoms with Gasteiger partial charge in [-0.3, -0.25) is 4.79 Å². The second kappa shape index (κ2) is 8.48. The van der Waals surface area contributed by atoms with Crippen molar-refractivity contribution < 1.29 is 13.9 Å². The van der Waals surface area contributed by atoms with Crippen LogP contribution < -0.4 is 15.8 Å². The Balaban J connectivity index is 1.83. The highest BCUT2D eigenvalue weighted by Gasteiger charge is 2.24. The van der Waals surface area contributed by atoms with Crippen molar-refractivity contribution in [2.75, 3.05) is 13.2 Å². The maximum Gasteiger partial charge on any atom is 0.258 e. The molecule has 1 amide bonds. The molecule has 0 bridgehead atoms. The van der Waals surface area contributed by atoms with Gasteiger partial charge in [-0.15, -0.1) is 0 Å². The van der Waals surface area contributed by atoms with Crippen molar-refractivity contribution in [3.05, 3.63) is 28.5 Å². The predicted octanol–water partition coefficient (Wildman–Crippen LogP) is 2.99. The molecule has 1 unspecified atom stereocenters. The van der Waals surface area contributed by atoms with E-state index in [1.807, 2.05) is 0 Å². The summed E-state index contributed by atoms with van der Waals surface area (Å²) in [5, 5.41) is 2.92. The summed E-state index contributed by atoms with van der Waals surface area (Å²) in [6.07, 6.45) is 5.84. The highest BCUT2D eigenvalue weighted by atomic mass is 79.9. The fourth-order valence-corrected chi connectivity index (χ4v) is 3.22. The minimum absolute atomic E-state index is 0.0221. The van der Waals surface area contributed by atoms with E-state index < -0.39 is 5.82 Å². The highest BCUT2D eigenvalue weighted by Crippen LogP contribution is 2.26. The van der Waals surface area contributed by atoms with E-state index in [1.54, 1.807) is 6.07 Å². The summed E-state index contributed by atoms with van der Waals surface area (Å²) >= 11 is 3.17. The zero-order chi connectivity index (χ0) is 15.9. The van der Waals surface area contributed by atoms with Crippen LogP contribution in [0.15, 0.2) is 22.7 Å². The number of hydrogen-bond donors (Lipinski definition) is 2. The number of nitrogens with two attached hydrogens (primary N) is 1. The van der Waals surface area contributed by atoms with Gasteiger partial charge in [0.2, 0.25) is 0 Å². The summed E-state index contributed by atoms with van der Waals surface area (Å²) in [5.41, 5.74) is 5.78. The molecule has 1 fully saturated rings. The second-order valence-corrected chi connectivity index (χ2v) is 6.59. The van der Waals surface area contributed by atoms with Crippen LogP contribution in [0.1, 0.15) is 32.1 Å². The first-order chi connectivity index (χ1) is 10.6. The third-order valence-corrected chi connectivity index (χ3v) is 4.57. The number of carbonyl (C=O) groups is 1. The number of benzene rings is 1. The monoisotopic (exact) mass is 372 g/mol. The van der Waals surface area contributed by atoms with Crippen LogP contribution in [0.2, 0.25) is 0 Å². The molecule has 3 N–H and O–H groups in total. The van der Waals surface area contributed by atoms with Gasteiger partial charge in [0.1, 0.15) is 0 Å². The summed E-state index contributed by atoms with van der Waals surface area (Å²) in [7, 11) is 0. The summed E-state index contributed by atoms with van der Waals surface area (Å²) in [4.78, 5) is 12.0. The van der Waals surface area contributed by atoms with Crippen molar-refractivity contribution in [3.8, 4) is 5.75 Å². The first kappa shape index (κ1) is 17.2. The lowest BCUT2D eigenvalue weighted by Gasteiger charge is -2.30. The third kappa shape index (κ3) is 4.95. The molecule has 1 aromatic carbocycles. The molecule has 0 radical (unpaired) electrons. The Kier molecular flexibility index (Phi) is 6.64. The molecule has 1 aromatic rings. The molecule has 0 saturated heterocycles. The van der Waals surface area contributed by atoms with Gasteiger partial charge in [0.15, 0.2) is 18.2 Å². The number of carbonyl (C=O) groups excluding carboxylic acids is 1. The predicted molar refractivity (Wildman–Crippen MR) is 87.2 cm³/mol. The minimum Gasteiger partial charge on any atom is -0.481 e. The molecule has 1 atom stereocenters. The van der Waals surface area contributed by atoms with Crippen LogP contribution in [0.25, 0.3) is 0 Å². The smallest absolute Gasteiger partial charge is 0.258 e. The first-order valence-corrected chi connectivity index (χ1v) is 8.46. The van der Waals surface area contributed by atoms with Crippen LogP contribution in [-0.4, -0.2) is 25.1 Å². The molecule has 6 heteroatoms. The summed E-state index contributed by atoms with van der Waals surface area (Å²) in [6.45, 7) is 0.213. The maximum atomic E-state index is 13.6. The van der Waals surface area contributed by atoms with E-state index in [1.165, 1.54) is 31.4 Å². The zero-order valence-corrected chi connectivity index (χ0v) is 14.1. The Morgan fingerprint density at radius 1 is 1.41 bits per heavy atom. The summed E-state index contributed by atoms with van der Waals surface area (Å²) in [5.74, 6) is -0.249. The van der Waals surface area contributed by atoms with Crippen LogP contribution in [0.4, 0.5) is 4.39 Å². The second-order valence-electron chi connectivity index (χ2n) is 5.67. The SMILES string of the molecule is NCC(NC(=O)COc1ccc(Br)cc1F)C1CCCCC1. The van der Waals surface area contributed by atoms with Gasteiger partial charge in [-0.25, -0.2) is 4.39 Å². The van der Waals surface area contributed by atoms with E-state index >= 15 is 0 Å². The van der Waals surface area contributed by atoms with Crippen LogP contribution in [-0.2, 0) is 4.79 Å². The molecule has 4 nitrogen and oxygen atoms in total. The van der Waals surface area contributed by atoms with Crippen LogP contribution in [0.3, 0.4) is 0 Å². The van der Waals surface area contributed by atoms with Crippen molar-refractivity contribution in [2.24, 2.45) is 11.7 Å². The van der Waals surface area contributed by atoms with Crippen molar-refractivity contribution in [1.29, 1.82) is 0 Å². The molecule has 1 saturated carbocycles. The average Bonchev–Trinajstić information content (AvgIpc) is 2.52. The van der Waals surface area contributed by atoms with Gasteiger partial charge in [-0.1, -0.05) is 35.2 Å². The van der Waals surface area contributed by atoms with E-state index in [9.17, 15) is 9.18 Å². The molecule has 0 spiro atoms. The number of rotatable bonds is 6.